The number of Topliss-reactive ketones (excluding diaryl/α,β-unsaturated/α-hetero) is 1. The van der Waals surface area contributed by atoms with E-state index in [2.05, 4.69) is 32.2 Å². The van der Waals surface area contributed by atoms with Crippen LogP contribution in [0.1, 0.15) is 24.0 Å². The maximum Gasteiger partial charge on any atom is 0.156 e. The van der Waals surface area contributed by atoms with Gasteiger partial charge in [-0.05, 0) is 30.5 Å². The van der Waals surface area contributed by atoms with E-state index < -0.39 is 0 Å². The van der Waals surface area contributed by atoms with E-state index in [4.69, 9.17) is 14.5 Å². The molecule has 0 amide bonds. The van der Waals surface area contributed by atoms with Gasteiger partial charge >= 0.3 is 0 Å². The third kappa shape index (κ3) is 4.16. The largest absolute Gasteiger partial charge is 0.381 e. The standard InChI is InChI=1S/C22H27N5O3/c28-20(16-3-7-29-8-4-16)12-17-13-23-26-21(17)22-24-18-2-1-15(11-19(18)25-22)14-27-5-9-30-10-6-27/h1-2,11,13,16H,3-10,12,14H2,(H,23,26)(H,24,25). The lowest BCUT2D eigenvalue weighted by atomic mass is 9.91. The van der Waals surface area contributed by atoms with Gasteiger partial charge in [0.25, 0.3) is 0 Å². The number of imidazole rings is 1. The molecular weight excluding hydrogens is 382 g/mol. The first kappa shape index (κ1) is 19.4. The lowest BCUT2D eigenvalue weighted by Crippen LogP contribution is -2.35. The second-order valence-electron chi connectivity index (χ2n) is 8.13. The highest BCUT2D eigenvalue weighted by molar-refractivity contribution is 5.85. The van der Waals surface area contributed by atoms with Crippen LogP contribution in [0, 0.1) is 5.92 Å². The Balaban J connectivity index is 1.33. The summed E-state index contributed by atoms with van der Waals surface area (Å²) >= 11 is 0. The van der Waals surface area contributed by atoms with Gasteiger partial charge in [-0.25, -0.2) is 4.98 Å². The number of hydrogen-bond acceptors (Lipinski definition) is 6. The van der Waals surface area contributed by atoms with Crippen LogP contribution < -0.4 is 0 Å². The Kier molecular flexibility index (Phi) is 5.61. The summed E-state index contributed by atoms with van der Waals surface area (Å²) in [5.74, 6) is 1.06. The molecule has 2 aliphatic heterocycles. The van der Waals surface area contributed by atoms with Crippen molar-refractivity contribution in [2.75, 3.05) is 39.5 Å². The monoisotopic (exact) mass is 409 g/mol. The SMILES string of the molecule is O=C(Cc1cn[nH]c1-c1nc2ccc(CN3CCOCC3)cc2[nH]1)C1CCOCC1. The predicted molar refractivity (Wildman–Crippen MR) is 112 cm³/mol. The molecule has 8 nitrogen and oxygen atoms in total. The van der Waals surface area contributed by atoms with Crippen LogP contribution in [0.2, 0.25) is 0 Å². The molecule has 0 bridgehead atoms. The van der Waals surface area contributed by atoms with Crippen molar-refractivity contribution in [3.8, 4) is 11.5 Å². The Bertz CT molecular complexity index is 1010. The minimum atomic E-state index is 0.0833. The van der Waals surface area contributed by atoms with E-state index >= 15 is 0 Å². The number of ketones is 1. The predicted octanol–water partition coefficient (Wildman–Crippen LogP) is 2.32. The molecule has 0 spiro atoms. The number of ether oxygens (including phenoxy) is 2. The van der Waals surface area contributed by atoms with Gasteiger partial charge in [0.05, 0.1) is 30.4 Å². The maximum atomic E-state index is 12.7. The van der Waals surface area contributed by atoms with Gasteiger partial charge in [-0.3, -0.25) is 14.8 Å². The number of aromatic amines is 2. The van der Waals surface area contributed by atoms with Crippen molar-refractivity contribution in [1.82, 2.24) is 25.1 Å². The van der Waals surface area contributed by atoms with Gasteiger partial charge in [-0.15, -0.1) is 0 Å². The number of carbonyl (C=O) groups excluding carboxylic acids is 1. The molecule has 0 aliphatic carbocycles. The normalized spacial score (nSPS) is 18.8. The number of nitrogens with one attached hydrogen (secondary N) is 2. The van der Waals surface area contributed by atoms with Crippen LogP contribution in [0.25, 0.3) is 22.6 Å². The highest BCUT2D eigenvalue weighted by Gasteiger charge is 2.24. The molecule has 8 heteroatoms. The van der Waals surface area contributed by atoms with E-state index in [0.29, 0.717) is 19.6 Å². The average Bonchev–Trinajstić information content (AvgIpc) is 3.41. The second-order valence-corrected chi connectivity index (χ2v) is 8.13. The Morgan fingerprint density at radius 2 is 1.93 bits per heavy atom. The molecule has 2 aromatic heterocycles. The third-order valence-corrected chi connectivity index (χ3v) is 6.05. The first-order valence-electron chi connectivity index (χ1n) is 10.7. The van der Waals surface area contributed by atoms with Crippen LogP contribution >= 0.6 is 0 Å². The van der Waals surface area contributed by atoms with Crippen LogP contribution in [0.4, 0.5) is 0 Å². The van der Waals surface area contributed by atoms with E-state index in [1.54, 1.807) is 6.20 Å². The fourth-order valence-electron chi connectivity index (χ4n) is 4.29. The summed E-state index contributed by atoms with van der Waals surface area (Å²) in [6.45, 7) is 5.77. The van der Waals surface area contributed by atoms with Gasteiger partial charge < -0.3 is 14.5 Å². The van der Waals surface area contributed by atoms with Crippen LogP contribution in [-0.2, 0) is 27.2 Å². The van der Waals surface area contributed by atoms with E-state index in [1.165, 1.54) is 5.56 Å². The molecule has 2 aliphatic rings. The topological polar surface area (TPSA) is 96.1 Å². The molecule has 0 atom stereocenters. The molecule has 4 heterocycles. The van der Waals surface area contributed by atoms with E-state index in [1.807, 2.05) is 6.07 Å². The van der Waals surface area contributed by atoms with Gasteiger partial charge in [0.2, 0.25) is 0 Å². The Morgan fingerprint density at radius 1 is 1.13 bits per heavy atom. The summed E-state index contributed by atoms with van der Waals surface area (Å²) in [5.41, 5.74) is 4.83. The Hall–Kier alpha value is -2.55. The summed E-state index contributed by atoms with van der Waals surface area (Å²) in [4.78, 5) is 23.3. The number of benzene rings is 1. The molecule has 0 unspecified atom stereocenters. The van der Waals surface area contributed by atoms with Crippen LogP contribution in [0.15, 0.2) is 24.4 Å². The van der Waals surface area contributed by atoms with Crippen molar-refractivity contribution in [3.05, 3.63) is 35.5 Å². The molecule has 2 N–H and O–H groups in total. The molecule has 2 saturated heterocycles. The molecule has 5 rings (SSSR count). The smallest absolute Gasteiger partial charge is 0.156 e. The zero-order valence-electron chi connectivity index (χ0n) is 17.0. The summed E-state index contributed by atoms with van der Waals surface area (Å²) in [6.07, 6.45) is 3.73. The Labute approximate surface area is 175 Å². The van der Waals surface area contributed by atoms with Gasteiger partial charge in [0.15, 0.2) is 5.82 Å². The molecule has 30 heavy (non-hydrogen) atoms. The van der Waals surface area contributed by atoms with E-state index in [0.717, 1.165) is 73.8 Å². The van der Waals surface area contributed by atoms with Gasteiger partial charge in [0.1, 0.15) is 11.5 Å². The van der Waals surface area contributed by atoms with Gasteiger partial charge in [-0.2, -0.15) is 5.10 Å². The second kappa shape index (κ2) is 8.67. The average molecular weight is 409 g/mol. The highest BCUT2D eigenvalue weighted by Crippen LogP contribution is 2.25. The first-order chi connectivity index (χ1) is 14.8. The zero-order chi connectivity index (χ0) is 20.3. The van der Waals surface area contributed by atoms with E-state index in [-0.39, 0.29) is 11.7 Å². The molecular formula is C22H27N5O3. The third-order valence-electron chi connectivity index (χ3n) is 6.05. The number of H-pyrrole nitrogens is 2. The molecule has 2 fully saturated rings. The molecule has 158 valence electrons. The summed E-state index contributed by atoms with van der Waals surface area (Å²) in [7, 11) is 0. The Morgan fingerprint density at radius 3 is 2.77 bits per heavy atom. The van der Waals surface area contributed by atoms with Crippen LogP contribution in [-0.4, -0.2) is 70.4 Å². The number of fused-ring (bicyclic) bond motifs is 1. The van der Waals surface area contributed by atoms with Crippen molar-refractivity contribution >= 4 is 16.8 Å². The van der Waals surface area contributed by atoms with Crippen molar-refractivity contribution in [2.24, 2.45) is 5.92 Å². The summed E-state index contributed by atoms with van der Waals surface area (Å²) in [5, 5.41) is 7.21. The minimum absolute atomic E-state index is 0.0833. The highest BCUT2D eigenvalue weighted by atomic mass is 16.5. The van der Waals surface area contributed by atoms with Crippen molar-refractivity contribution in [2.45, 2.75) is 25.8 Å². The minimum Gasteiger partial charge on any atom is -0.381 e. The fraction of sp³-hybridized carbons (Fsp3) is 0.500. The van der Waals surface area contributed by atoms with E-state index in [9.17, 15) is 4.79 Å². The number of hydrogen-bond donors (Lipinski definition) is 2. The number of nitrogens with zero attached hydrogens (tertiary/aromatic N) is 3. The van der Waals surface area contributed by atoms with Crippen molar-refractivity contribution < 1.29 is 14.3 Å². The zero-order valence-corrected chi connectivity index (χ0v) is 17.0. The van der Waals surface area contributed by atoms with Gasteiger partial charge in [-0.1, -0.05) is 6.07 Å². The quantitative estimate of drug-likeness (QED) is 0.649. The van der Waals surface area contributed by atoms with Gasteiger partial charge in [0, 0.05) is 50.8 Å². The fourth-order valence-corrected chi connectivity index (χ4v) is 4.29. The van der Waals surface area contributed by atoms with Crippen LogP contribution in [0.3, 0.4) is 0 Å². The number of carbonyl (C=O) groups is 1. The van der Waals surface area contributed by atoms with Crippen molar-refractivity contribution in [1.29, 1.82) is 0 Å². The molecule has 0 radical (unpaired) electrons. The van der Waals surface area contributed by atoms with Crippen LogP contribution in [0.5, 0.6) is 0 Å². The number of aromatic nitrogens is 4. The number of rotatable bonds is 6. The first-order valence-corrected chi connectivity index (χ1v) is 10.7. The lowest BCUT2D eigenvalue weighted by Gasteiger charge is -2.26. The number of morpholine rings is 1. The molecule has 1 aromatic carbocycles. The molecule has 0 saturated carbocycles. The maximum absolute atomic E-state index is 12.7. The van der Waals surface area contributed by atoms with Crippen molar-refractivity contribution in [3.63, 3.8) is 0 Å². The summed E-state index contributed by atoms with van der Waals surface area (Å²) in [6, 6.07) is 6.34. The summed E-state index contributed by atoms with van der Waals surface area (Å²) < 4.78 is 10.8. The lowest BCUT2D eigenvalue weighted by molar-refractivity contribution is -0.125. The molecule has 3 aromatic rings.